The number of carboxylic acids is 1. The van der Waals surface area contributed by atoms with Crippen molar-refractivity contribution in [3.8, 4) is 0 Å². The van der Waals surface area contributed by atoms with Gasteiger partial charge in [0.05, 0.1) is 18.7 Å². The Morgan fingerprint density at radius 2 is 1.76 bits per heavy atom. The smallest absolute Gasteiger partial charge is 0.311 e. The lowest BCUT2D eigenvalue weighted by Gasteiger charge is -2.08. The van der Waals surface area contributed by atoms with Crippen LogP contribution in [0.1, 0.15) is 40.2 Å². The highest BCUT2D eigenvalue weighted by Crippen LogP contribution is 2.15. The zero-order valence-electron chi connectivity index (χ0n) is 14.3. The molecule has 0 atom stereocenters. The van der Waals surface area contributed by atoms with E-state index in [1.165, 1.54) is 0 Å². The maximum absolute atomic E-state index is 12.6. The molecule has 1 aromatic carbocycles. The van der Waals surface area contributed by atoms with Crippen molar-refractivity contribution in [3.63, 3.8) is 0 Å². The van der Waals surface area contributed by atoms with E-state index in [1.807, 2.05) is 19.1 Å². The zero-order chi connectivity index (χ0) is 18.4. The number of hydrogen-bond donors (Lipinski definition) is 1. The number of carboxylic acid groups (broad SMARTS) is 1. The third-order valence-electron chi connectivity index (χ3n) is 3.90. The normalized spacial score (nSPS) is 10.5. The largest absolute Gasteiger partial charge is 0.481 e. The molecule has 2 rings (SSSR count). The predicted molar refractivity (Wildman–Crippen MR) is 91.6 cm³/mol. The summed E-state index contributed by atoms with van der Waals surface area (Å²) < 4.78 is 6.70. The van der Waals surface area contributed by atoms with E-state index in [-0.39, 0.29) is 31.7 Å². The van der Waals surface area contributed by atoms with Crippen LogP contribution in [0, 0.1) is 6.92 Å². The first kappa shape index (κ1) is 18.4. The summed E-state index contributed by atoms with van der Waals surface area (Å²) in [5.41, 5.74) is 2.83. The maximum Gasteiger partial charge on any atom is 0.311 e. The van der Waals surface area contributed by atoms with Crippen LogP contribution in [-0.2, 0) is 27.8 Å². The lowest BCUT2D eigenvalue weighted by Crippen LogP contribution is -2.14. The Morgan fingerprint density at radius 1 is 1.08 bits per heavy atom. The van der Waals surface area contributed by atoms with Gasteiger partial charge in [-0.15, -0.1) is 0 Å². The van der Waals surface area contributed by atoms with Gasteiger partial charge in [0.2, 0.25) is 5.78 Å². The second kappa shape index (κ2) is 8.28. The number of ether oxygens (including phenoxy) is 1. The summed E-state index contributed by atoms with van der Waals surface area (Å²) in [4.78, 5) is 34.8. The average molecular weight is 343 g/mol. The molecule has 0 aliphatic heterocycles. The summed E-state index contributed by atoms with van der Waals surface area (Å²) in [5.74, 6) is -1.47. The van der Waals surface area contributed by atoms with Crippen LogP contribution in [0.25, 0.3) is 0 Å². The summed E-state index contributed by atoms with van der Waals surface area (Å²) in [6.45, 7) is 2.03. The van der Waals surface area contributed by atoms with Crippen molar-refractivity contribution in [1.29, 1.82) is 0 Å². The Balaban J connectivity index is 1.98. The molecule has 132 valence electrons. The first-order valence-electron chi connectivity index (χ1n) is 8.02. The molecule has 25 heavy (non-hydrogen) atoms. The van der Waals surface area contributed by atoms with Crippen molar-refractivity contribution in [1.82, 2.24) is 4.57 Å². The number of benzene rings is 1. The summed E-state index contributed by atoms with van der Waals surface area (Å²) in [5, 5.41) is 8.54. The SMILES string of the molecule is Cc1ccc(C(=O)c2ccc(CC(=O)OCCCC(=O)O)n2C)cc1. The van der Waals surface area contributed by atoms with E-state index in [0.29, 0.717) is 17.0 Å². The second-order valence-electron chi connectivity index (χ2n) is 5.86. The molecule has 1 N–H and O–H groups in total. The van der Waals surface area contributed by atoms with Crippen molar-refractivity contribution >= 4 is 17.7 Å². The fourth-order valence-electron chi connectivity index (χ4n) is 2.42. The molecule has 0 aliphatic carbocycles. The monoisotopic (exact) mass is 343 g/mol. The number of aryl methyl sites for hydroxylation is 1. The van der Waals surface area contributed by atoms with Gasteiger partial charge in [0.1, 0.15) is 0 Å². The summed E-state index contributed by atoms with van der Waals surface area (Å²) in [6.07, 6.45) is 0.281. The molecule has 0 unspecified atom stereocenters. The second-order valence-corrected chi connectivity index (χ2v) is 5.86. The van der Waals surface area contributed by atoms with Crippen LogP contribution in [0.3, 0.4) is 0 Å². The minimum Gasteiger partial charge on any atom is -0.481 e. The molecule has 0 aliphatic rings. The third-order valence-corrected chi connectivity index (χ3v) is 3.90. The number of esters is 1. The van der Waals surface area contributed by atoms with Crippen LogP contribution in [-0.4, -0.2) is 34.0 Å². The van der Waals surface area contributed by atoms with Gasteiger partial charge in [-0.2, -0.15) is 0 Å². The predicted octanol–water partition coefficient (Wildman–Crippen LogP) is 2.52. The van der Waals surface area contributed by atoms with Crippen molar-refractivity contribution in [2.75, 3.05) is 6.61 Å². The number of aromatic nitrogens is 1. The molecule has 0 spiro atoms. The number of hydrogen-bond acceptors (Lipinski definition) is 4. The van der Waals surface area contributed by atoms with Crippen LogP contribution < -0.4 is 0 Å². The first-order valence-corrected chi connectivity index (χ1v) is 8.02. The van der Waals surface area contributed by atoms with Gasteiger partial charge in [0.15, 0.2) is 0 Å². The molecule has 0 amide bonds. The van der Waals surface area contributed by atoms with Crippen LogP contribution in [0.5, 0.6) is 0 Å². The highest BCUT2D eigenvalue weighted by atomic mass is 16.5. The zero-order valence-corrected chi connectivity index (χ0v) is 14.3. The van der Waals surface area contributed by atoms with E-state index in [2.05, 4.69) is 0 Å². The number of rotatable bonds is 8. The number of carbonyl (C=O) groups excluding carboxylic acids is 2. The maximum atomic E-state index is 12.6. The molecular weight excluding hydrogens is 322 g/mol. The van der Waals surface area contributed by atoms with E-state index in [0.717, 1.165) is 5.56 Å². The summed E-state index contributed by atoms with van der Waals surface area (Å²) in [7, 11) is 1.73. The Hall–Kier alpha value is -2.89. The van der Waals surface area contributed by atoms with Gasteiger partial charge in [-0.25, -0.2) is 0 Å². The van der Waals surface area contributed by atoms with E-state index in [9.17, 15) is 14.4 Å². The van der Waals surface area contributed by atoms with Crippen molar-refractivity contribution in [3.05, 3.63) is 58.9 Å². The van der Waals surface area contributed by atoms with Crippen LogP contribution in [0.4, 0.5) is 0 Å². The summed E-state index contributed by atoms with van der Waals surface area (Å²) >= 11 is 0. The number of aliphatic carboxylic acids is 1. The fraction of sp³-hybridized carbons (Fsp3) is 0.316. The topological polar surface area (TPSA) is 85.6 Å². The van der Waals surface area contributed by atoms with Gasteiger partial charge in [-0.3, -0.25) is 14.4 Å². The molecule has 0 fully saturated rings. The molecule has 1 aromatic heterocycles. The molecule has 0 bridgehead atoms. The van der Waals surface area contributed by atoms with E-state index in [4.69, 9.17) is 9.84 Å². The van der Waals surface area contributed by atoms with Crippen molar-refractivity contribution < 1.29 is 24.2 Å². The lowest BCUT2D eigenvalue weighted by molar-refractivity contribution is -0.144. The van der Waals surface area contributed by atoms with Crippen LogP contribution in [0.2, 0.25) is 0 Å². The van der Waals surface area contributed by atoms with Crippen molar-refractivity contribution in [2.24, 2.45) is 7.05 Å². The molecule has 0 saturated heterocycles. The highest BCUT2D eigenvalue weighted by molar-refractivity contribution is 6.08. The van der Waals surface area contributed by atoms with Gasteiger partial charge in [-0.1, -0.05) is 29.8 Å². The third kappa shape index (κ3) is 5.04. The molecule has 0 saturated carbocycles. The standard InChI is InChI=1S/C19H21NO5/c1-13-5-7-14(8-6-13)19(24)16-10-9-15(20(16)2)12-18(23)25-11-3-4-17(21)22/h5-10H,3-4,11-12H2,1-2H3,(H,21,22). The molecule has 6 nitrogen and oxygen atoms in total. The lowest BCUT2D eigenvalue weighted by atomic mass is 10.1. The number of ketones is 1. The Bertz CT molecular complexity index is 774. The minimum absolute atomic E-state index is 0.0325. The van der Waals surface area contributed by atoms with E-state index < -0.39 is 11.9 Å². The molecule has 1 heterocycles. The molecular formula is C19H21NO5. The average Bonchev–Trinajstić information content (AvgIpc) is 2.92. The Kier molecular flexibility index (Phi) is 6.11. The fourth-order valence-corrected chi connectivity index (χ4v) is 2.42. The Labute approximate surface area is 146 Å². The van der Waals surface area contributed by atoms with Crippen LogP contribution in [0.15, 0.2) is 36.4 Å². The highest BCUT2D eigenvalue weighted by Gasteiger charge is 2.16. The van der Waals surface area contributed by atoms with E-state index in [1.54, 1.807) is 35.9 Å². The van der Waals surface area contributed by atoms with Crippen molar-refractivity contribution in [2.45, 2.75) is 26.2 Å². The van der Waals surface area contributed by atoms with Gasteiger partial charge in [0.25, 0.3) is 0 Å². The van der Waals surface area contributed by atoms with Gasteiger partial charge in [-0.05, 0) is 25.5 Å². The number of nitrogens with zero attached hydrogens (tertiary/aromatic N) is 1. The van der Waals surface area contributed by atoms with Crippen LogP contribution >= 0.6 is 0 Å². The minimum atomic E-state index is -0.919. The Morgan fingerprint density at radius 3 is 2.40 bits per heavy atom. The van der Waals surface area contributed by atoms with E-state index >= 15 is 0 Å². The molecule has 0 radical (unpaired) electrons. The molecule has 2 aromatic rings. The van der Waals surface area contributed by atoms with Gasteiger partial charge in [0, 0.05) is 24.7 Å². The van der Waals surface area contributed by atoms with Gasteiger partial charge >= 0.3 is 11.9 Å². The molecule has 6 heteroatoms. The quantitative estimate of drug-likeness (QED) is 0.452. The number of carbonyl (C=O) groups is 3. The summed E-state index contributed by atoms with van der Waals surface area (Å²) in [6, 6.07) is 10.7. The first-order chi connectivity index (χ1) is 11.9. The van der Waals surface area contributed by atoms with Gasteiger partial charge < -0.3 is 14.4 Å².